The lowest BCUT2D eigenvalue weighted by Crippen LogP contribution is -2.30. The molecule has 0 N–H and O–H groups in total. The van der Waals surface area contributed by atoms with Crippen LogP contribution in [0.4, 0.5) is 13.2 Å². The Morgan fingerprint density at radius 1 is 0.931 bits per heavy atom. The molecule has 3 nitrogen and oxygen atoms in total. The van der Waals surface area contributed by atoms with E-state index in [2.05, 4.69) is 4.74 Å². The Balaban J connectivity index is 1.73. The number of hydrogen-bond acceptors (Lipinski definition) is 3. The van der Waals surface area contributed by atoms with Crippen LogP contribution >= 0.6 is 0 Å². The van der Waals surface area contributed by atoms with Gasteiger partial charge in [0.05, 0.1) is 5.56 Å². The monoisotopic (exact) mass is 417 g/mol. The first-order valence-electron chi connectivity index (χ1n) is 8.82. The Bertz CT molecular complexity index is 1020. The summed E-state index contributed by atoms with van der Waals surface area (Å²) in [7, 11) is -0.570. The van der Waals surface area contributed by atoms with E-state index in [0.717, 1.165) is 21.6 Å². The van der Waals surface area contributed by atoms with Crippen molar-refractivity contribution in [3.05, 3.63) is 78.4 Å². The van der Waals surface area contributed by atoms with Gasteiger partial charge in [-0.25, -0.2) is 4.79 Å². The molecule has 1 atom stereocenters. The number of hydrogen-bond donors (Lipinski definition) is 0. The van der Waals surface area contributed by atoms with Crippen LogP contribution in [-0.2, 0) is 15.6 Å². The van der Waals surface area contributed by atoms with Gasteiger partial charge < -0.3 is 9.47 Å². The second-order valence-corrected chi connectivity index (χ2v) is 8.38. The molecule has 0 spiro atoms. The lowest BCUT2D eigenvalue weighted by Gasteiger charge is -2.20. The summed E-state index contributed by atoms with van der Waals surface area (Å²) in [6.07, 6.45) is -6.78. The molecule has 7 heteroatoms. The van der Waals surface area contributed by atoms with Crippen molar-refractivity contribution >= 4 is 16.9 Å². The predicted molar refractivity (Wildman–Crippen MR) is 102 cm³/mol. The van der Waals surface area contributed by atoms with Crippen LogP contribution in [0.3, 0.4) is 0 Å². The van der Waals surface area contributed by atoms with Crippen LogP contribution in [0.1, 0.15) is 17.3 Å². The number of alkyl halides is 3. The minimum Gasteiger partial charge on any atom is -0.449 e. The average molecular weight is 417 g/mol. The summed E-state index contributed by atoms with van der Waals surface area (Å²) in [5.41, 5.74) is 0.0764. The Morgan fingerprint density at radius 2 is 1.52 bits per heavy atom. The molecule has 148 valence electrons. The van der Waals surface area contributed by atoms with E-state index < -0.39 is 29.1 Å². The van der Waals surface area contributed by atoms with Crippen molar-refractivity contribution in [2.45, 2.75) is 33.9 Å². The molecule has 1 unspecified atom stereocenters. The SMILES string of the molecule is CC(OC(=O)c1cccc([S+]2c3ccccc3Oc3ccccc32)c1)C(F)(F)F. The molecule has 3 aromatic rings. The lowest BCUT2D eigenvalue weighted by atomic mass is 10.2. The van der Waals surface area contributed by atoms with Crippen molar-refractivity contribution in [2.24, 2.45) is 0 Å². The molecule has 0 aliphatic carbocycles. The maximum Gasteiger partial charge on any atom is 0.425 e. The topological polar surface area (TPSA) is 35.5 Å². The second-order valence-electron chi connectivity index (χ2n) is 6.42. The molecule has 0 saturated heterocycles. The lowest BCUT2D eigenvalue weighted by molar-refractivity contribution is -0.198. The number of carbonyl (C=O) groups excluding carboxylic acids is 1. The van der Waals surface area contributed by atoms with Gasteiger partial charge in [-0.2, -0.15) is 13.2 Å². The van der Waals surface area contributed by atoms with Gasteiger partial charge in [-0.15, -0.1) is 0 Å². The van der Waals surface area contributed by atoms with Gasteiger partial charge in [0.2, 0.25) is 9.79 Å². The normalized spacial score (nSPS) is 14.3. The highest BCUT2D eigenvalue weighted by Crippen LogP contribution is 2.46. The highest BCUT2D eigenvalue weighted by atomic mass is 32.2. The summed E-state index contributed by atoms with van der Waals surface area (Å²) in [5.74, 6) is 0.427. The molecule has 0 radical (unpaired) electrons. The molecule has 0 bridgehead atoms. The van der Waals surface area contributed by atoms with Gasteiger partial charge in [0.15, 0.2) is 22.5 Å². The van der Waals surface area contributed by atoms with Gasteiger partial charge in [0.1, 0.15) is 10.9 Å². The number of fused-ring (bicyclic) bond motifs is 2. The largest absolute Gasteiger partial charge is 0.449 e. The fourth-order valence-corrected chi connectivity index (χ4v) is 5.20. The van der Waals surface area contributed by atoms with E-state index in [9.17, 15) is 18.0 Å². The van der Waals surface area contributed by atoms with E-state index in [1.807, 2.05) is 54.6 Å². The third kappa shape index (κ3) is 3.82. The number of ether oxygens (including phenoxy) is 2. The second kappa shape index (κ2) is 7.48. The summed E-state index contributed by atoms with van der Waals surface area (Å²) in [5, 5.41) is 0. The summed E-state index contributed by atoms with van der Waals surface area (Å²) in [6.45, 7) is 0.814. The zero-order valence-electron chi connectivity index (χ0n) is 15.3. The Morgan fingerprint density at radius 3 is 2.10 bits per heavy atom. The van der Waals surface area contributed by atoms with Crippen LogP contribution in [0, 0.1) is 0 Å². The third-order valence-corrected chi connectivity index (χ3v) is 6.69. The first-order valence-corrected chi connectivity index (χ1v) is 10.0. The molecule has 1 aliphatic rings. The van der Waals surface area contributed by atoms with Gasteiger partial charge in [-0.1, -0.05) is 30.3 Å². The van der Waals surface area contributed by atoms with Gasteiger partial charge in [0, 0.05) is 6.07 Å². The van der Waals surface area contributed by atoms with E-state index in [4.69, 9.17) is 4.74 Å². The molecule has 0 fully saturated rings. The van der Waals surface area contributed by atoms with Gasteiger partial charge in [0.25, 0.3) is 0 Å². The molecule has 0 amide bonds. The average Bonchev–Trinajstić information content (AvgIpc) is 2.71. The van der Waals surface area contributed by atoms with Gasteiger partial charge in [-0.05, 0) is 43.3 Å². The molecule has 0 saturated carbocycles. The zero-order valence-corrected chi connectivity index (χ0v) is 16.1. The van der Waals surface area contributed by atoms with Crippen molar-refractivity contribution in [1.29, 1.82) is 0 Å². The van der Waals surface area contributed by atoms with Gasteiger partial charge in [-0.3, -0.25) is 0 Å². The first-order chi connectivity index (χ1) is 13.8. The van der Waals surface area contributed by atoms with E-state index >= 15 is 0 Å². The first kappa shape index (κ1) is 19.4. The highest BCUT2D eigenvalue weighted by Gasteiger charge is 2.41. The molecule has 4 rings (SSSR count). The van der Waals surface area contributed by atoms with Gasteiger partial charge >= 0.3 is 12.1 Å². The van der Waals surface area contributed by atoms with Crippen molar-refractivity contribution in [3.8, 4) is 11.5 Å². The molecular formula is C22H16F3O3S+. The Hall–Kier alpha value is -2.93. The number of para-hydroxylation sites is 2. The summed E-state index contributed by atoms with van der Waals surface area (Å²) >= 11 is 0. The number of rotatable bonds is 3. The van der Waals surface area contributed by atoms with Crippen LogP contribution in [0.15, 0.2) is 87.5 Å². The van der Waals surface area contributed by atoms with Crippen molar-refractivity contribution in [1.82, 2.24) is 0 Å². The predicted octanol–water partition coefficient (Wildman–Crippen LogP) is 6.00. The van der Waals surface area contributed by atoms with Crippen molar-refractivity contribution in [3.63, 3.8) is 0 Å². The fraction of sp³-hybridized carbons (Fsp3) is 0.136. The summed E-state index contributed by atoms with van der Waals surface area (Å²) in [4.78, 5) is 15.0. The number of esters is 1. The van der Waals surface area contributed by atoms with Crippen LogP contribution in [0.2, 0.25) is 0 Å². The molecule has 3 aromatic carbocycles. The molecule has 29 heavy (non-hydrogen) atoms. The Kier molecular flexibility index (Phi) is 5.00. The maximum atomic E-state index is 12.7. The minimum atomic E-state index is -4.60. The molecule has 1 heterocycles. The smallest absolute Gasteiger partial charge is 0.425 e. The van der Waals surface area contributed by atoms with Crippen LogP contribution in [0.25, 0.3) is 0 Å². The van der Waals surface area contributed by atoms with E-state index in [1.54, 1.807) is 12.1 Å². The Labute approximate surface area is 168 Å². The number of benzene rings is 3. The molecule has 1 aliphatic heterocycles. The fourth-order valence-electron chi connectivity index (χ4n) is 2.94. The van der Waals surface area contributed by atoms with Crippen molar-refractivity contribution in [2.75, 3.05) is 0 Å². The van der Waals surface area contributed by atoms with E-state index in [-0.39, 0.29) is 5.56 Å². The minimum absolute atomic E-state index is 0.0764. The zero-order chi connectivity index (χ0) is 20.6. The quantitative estimate of drug-likeness (QED) is 0.303. The summed E-state index contributed by atoms with van der Waals surface area (Å²) < 4.78 is 48.8. The van der Waals surface area contributed by atoms with E-state index in [1.165, 1.54) is 6.07 Å². The molecule has 0 aromatic heterocycles. The van der Waals surface area contributed by atoms with E-state index in [0.29, 0.717) is 11.5 Å². The standard InChI is InChI=1S/C22H16F3O3S/c1-14(22(23,24)25)27-21(26)15-7-6-8-16(13-15)29-19-11-4-2-9-17(19)28-18-10-3-5-12-20(18)29/h2-14H,1H3/q+1. The number of carbonyl (C=O) groups is 1. The number of halogens is 3. The highest BCUT2D eigenvalue weighted by molar-refractivity contribution is 7.97. The van der Waals surface area contributed by atoms with Crippen LogP contribution in [-0.4, -0.2) is 18.2 Å². The van der Waals surface area contributed by atoms with Crippen LogP contribution < -0.4 is 4.74 Å². The van der Waals surface area contributed by atoms with Crippen LogP contribution in [0.5, 0.6) is 11.5 Å². The maximum absolute atomic E-state index is 12.7. The summed E-state index contributed by atoms with van der Waals surface area (Å²) in [6, 6.07) is 21.7. The van der Waals surface area contributed by atoms with Crippen molar-refractivity contribution < 1.29 is 27.4 Å². The molecular weight excluding hydrogens is 401 g/mol. The third-order valence-electron chi connectivity index (χ3n) is 4.41.